The van der Waals surface area contributed by atoms with Crippen molar-refractivity contribution in [3.63, 3.8) is 0 Å². The maximum atomic E-state index is 13.1. The number of nitrogens with one attached hydrogen (secondary N) is 2. The van der Waals surface area contributed by atoms with Gasteiger partial charge in [-0.15, -0.1) is 0 Å². The summed E-state index contributed by atoms with van der Waals surface area (Å²) in [5.74, 6) is 0.618. The van der Waals surface area contributed by atoms with Crippen molar-refractivity contribution in [2.75, 3.05) is 37.4 Å². The number of hydrogen-bond donors (Lipinski definition) is 3. The van der Waals surface area contributed by atoms with E-state index in [9.17, 15) is 9.59 Å². The molecule has 36 heavy (non-hydrogen) atoms. The Bertz CT molecular complexity index is 977. The molecule has 4 N–H and O–H groups in total. The molecule has 8 heteroatoms. The Labute approximate surface area is 215 Å². The number of ketones is 1. The number of amides is 1. The van der Waals surface area contributed by atoms with E-state index in [1.807, 2.05) is 14.1 Å². The Morgan fingerprint density at radius 1 is 1.00 bits per heavy atom. The Morgan fingerprint density at radius 3 is 2.42 bits per heavy atom. The number of hydrogen-bond acceptors (Lipinski definition) is 7. The first-order valence-electron chi connectivity index (χ1n) is 13.4. The molecular formula is C28H42N6O2. The fourth-order valence-corrected chi connectivity index (χ4v) is 4.39. The van der Waals surface area contributed by atoms with Gasteiger partial charge in [0.1, 0.15) is 0 Å². The Hall–Kier alpha value is -3.00. The van der Waals surface area contributed by atoms with E-state index in [1.165, 1.54) is 0 Å². The molecule has 0 saturated heterocycles. The van der Waals surface area contributed by atoms with E-state index in [2.05, 4.69) is 44.8 Å². The third-order valence-electron chi connectivity index (χ3n) is 6.71. The monoisotopic (exact) mass is 494 g/mol. The molecule has 0 radical (unpaired) electrons. The smallest absolute Gasteiger partial charge is 0.236 e. The fourth-order valence-electron chi connectivity index (χ4n) is 4.39. The van der Waals surface area contributed by atoms with E-state index in [0.29, 0.717) is 43.7 Å². The first-order chi connectivity index (χ1) is 17.4. The van der Waals surface area contributed by atoms with Crippen LogP contribution in [0.2, 0.25) is 0 Å². The average molecular weight is 495 g/mol. The highest BCUT2D eigenvalue weighted by Crippen LogP contribution is 2.18. The third-order valence-corrected chi connectivity index (χ3v) is 6.71. The van der Waals surface area contributed by atoms with Crippen LogP contribution in [0.3, 0.4) is 0 Å². The van der Waals surface area contributed by atoms with Crippen LogP contribution in [0.25, 0.3) is 0 Å². The van der Waals surface area contributed by atoms with E-state index in [4.69, 9.17) is 10.7 Å². The molecule has 1 amide bonds. The number of anilines is 2. The molecule has 1 aliphatic rings. The van der Waals surface area contributed by atoms with Gasteiger partial charge in [-0.05, 0) is 56.2 Å². The first-order valence-corrected chi connectivity index (χ1v) is 13.4. The Morgan fingerprint density at radius 2 is 1.69 bits per heavy atom. The van der Waals surface area contributed by atoms with Gasteiger partial charge in [-0.1, -0.05) is 37.8 Å². The minimum absolute atomic E-state index is 0.0533. The second-order valence-corrected chi connectivity index (χ2v) is 9.88. The van der Waals surface area contributed by atoms with Crippen LogP contribution in [-0.2, 0) is 17.6 Å². The van der Waals surface area contributed by atoms with Gasteiger partial charge in [-0.3, -0.25) is 9.59 Å². The lowest BCUT2D eigenvalue weighted by molar-refractivity contribution is -0.122. The summed E-state index contributed by atoms with van der Waals surface area (Å²) in [5, 5.41) is 6.27. The minimum Gasteiger partial charge on any atom is -0.378 e. The molecule has 2 bridgehead atoms. The number of nitrogens with two attached hydrogens (primary N) is 1. The number of aromatic nitrogens is 2. The standard InChI is InChI=1S/C28H42N6O2/c1-34(2)22-15-12-21(13-16-22)14-17-26(35)23-20-32-28-31-19-9-4-3-8-18-30-27(36)24(29)10-6-5-7-11-25(23)33-28/h12-13,15-16,20,24H,3-11,14,17-19,29H2,1-2H3,(H,30,36)(H,31,32,33)/t24-/m0/s1. The summed E-state index contributed by atoms with van der Waals surface area (Å²) < 4.78 is 0. The van der Waals surface area contributed by atoms with Gasteiger partial charge in [0.05, 0.1) is 17.3 Å². The van der Waals surface area contributed by atoms with E-state index in [-0.39, 0.29) is 11.7 Å². The van der Waals surface area contributed by atoms with Gasteiger partial charge in [-0.25, -0.2) is 9.97 Å². The van der Waals surface area contributed by atoms with Gasteiger partial charge in [0, 0.05) is 45.5 Å². The molecule has 8 nitrogen and oxygen atoms in total. The quantitative estimate of drug-likeness (QED) is 0.541. The number of fused-ring (bicyclic) bond motifs is 2. The molecule has 2 aromatic rings. The average Bonchev–Trinajstić information content (AvgIpc) is 2.88. The zero-order valence-electron chi connectivity index (χ0n) is 21.9. The maximum absolute atomic E-state index is 13.1. The van der Waals surface area contributed by atoms with Gasteiger partial charge < -0.3 is 21.3 Å². The lowest BCUT2D eigenvalue weighted by Crippen LogP contribution is -2.40. The first kappa shape index (κ1) is 27.6. The maximum Gasteiger partial charge on any atom is 0.236 e. The van der Waals surface area contributed by atoms with Crippen molar-refractivity contribution < 1.29 is 9.59 Å². The molecule has 0 aliphatic carbocycles. The Kier molecular flexibility index (Phi) is 11.1. The van der Waals surface area contributed by atoms with Crippen LogP contribution >= 0.6 is 0 Å². The van der Waals surface area contributed by atoms with Crippen molar-refractivity contribution in [1.29, 1.82) is 0 Å². The van der Waals surface area contributed by atoms with Crippen molar-refractivity contribution in [2.45, 2.75) is 76.7 Å². The summed E-state index contributed by atoms with van der Waals surface area (Å²) in [7, 11) is 4.03. The van der Waals surface area contributed by atoms with Gasteiger partial charge in [0.15, 0.2) is 5.78 Å². The number of nitrogens with zero attached hydrogens (tertiary/aromatic N) is 3. The number of aryl methyl sites for hydroxylation is 2. The van der Waals surface area contributed by atoms with Crippen molar-refractivity contribution in [2.24, 2.45) is 5.73 Å². The summed E-state index contributed by atoms with van der Waals surface area (Å²) in [6.07, 6.45) is 10.9. The van der Waals surface area contributed by atoms with Crippen LogP contribution in [0, 0.1) is 0 Å². The van der Waals surface area contributed by atoms with Crippen LogP contribution in [0.15, 0.2) is 30.5 Å². The summed E-state index contributed by atoms with van der Waals surface area (Å²) in [6.45, 7) is 1.47. The molecule has 2 heterocycles. The van der Waals surface area contributed by atoms with Crippen molar-refractivity contribution in [3.05, 3.63) is 47.3 Å². The largest absolute Gasteiger partial charge is 0.378 e. The van der Waals surface area contributed by atoms with Crippen LogP contribution in [-0.4, -0.2) is 54.9 Å². The number of carbonyl (C=O) groups excluding carboxylic acids is 2. The second kappa shape index (κ2) is 14.5. The van der Waals surface area contributed by atoms with E-state index < -0.39 is 6.04 Å². The summed E-state index contributed by atoms with van der Waals surface area (Å²) in [6, 6.07) is 7.86. The second-order valence-electron chi connectivity index (χ2n) is 9.88. The van der Waals surface area contributed by atoms with Crippen LogP contribution in [0.5, 0.6) is 0 Å². The highest BCUT2D eigenvalue weighted by atomic mass is 16.2. The predicted molar refractivity (Wildman–Crippen MR) is 146 cm³/mol. The lowest BCUT2D eigenvalue weighted by Gasteiger charge is -2.14. The fraction of sp³-hybridized carbons (Fsp3) is 0.571. The minimum atomic E-state index is -0.456. The normalized spacial score (nSPS) is 18.3. The molecule has 0 fully saturated rings. The summed E-state index contributed by atoms with van der Waals surface area (Å²) in [4.78, 5) is 36.5. The van der Waals surface area contributed by atoms with Gasteiger partial charge in [0.25, 0.3) is 0 Å². The van der Waals surface area contributed by atoms with Gasteiger partial charge in [-0.2, -0.15) is 0 Å². The number of rotatable bonds is 5. The van der Waals surface area contributed by atoms with Gasteiger partial charge >= 0.3 is 0 Å². The molecular weight excluding hydrogens is 452 g/mol. The summed E-state index contributed by atoms with van der Waals surface area (Å²) in [5.41, 5.74) is 9.77. The van der Waals surface area contributed by atoms with Crippen LogP contribution < -0.4 is 21.3 Å². The molecule has 1 aromatic carbocycles. The molecule has 3 rings (SSSR count). The molecule has 0 spiro atoms. The predicted octanol–water partition coefficient (Wildman–Crippen LogP) is 3.89. The number of benzene rings is 1. The zero-order chi connectivity index (χ0) is 25.8. The molecule has 1 aromatic heterocycles. The number of Topliss-reactive ketones (excluding diaryl/α,β-unsaturated/α-hetero) is 1. The molecule has 0 unspecified atom stereocenters. The molecule has 1 atom stereocenters. The topological polar surface area (TPSA) is 113 Å². The molecule has 0 saturated carbocycles. The number of carbonyl (C=O) groups is 2. The van der Waals surface area contributed by atoms with Crippen molar-refractivity contribution >= 4 is 23.3 Å². The van der Waals surface area contributed by atoms with Crippen LogP contribution in [0.4, 0.5) is 11.6 Å². The van der Waals surface area contributed by atoms with E-state index in [0.717, 1.165) is 68.4 Å². The van der Waals surface area contributed by atoms with Crippen LogP contribution in [0.1, 0.15) is 79.4 Å². The third kappa shape index (κ3) is 8.90. The van der Waals surface area contributed by atoms with Crippen molar-refractivity contribution in [1.82, 2.24) is 15.3 Å². The lowest BCUT2D eigenvalue weighted by atomic mass is 9.99. The summed E-state index contributed by atoms with van der Waals surface area (Å²) >= 11 is 0. The SMILES string of the molecule is CN(C)c1ccc(CCC(=O)c2cnc3nc2CCCCC[C@H](N)C(=O)NCCCCCCN3)cc1. The van der Waals surface area contributed by atoms with Crippen molar-refractivity contribution in [3.8, 4) is 0 Å². The highest BCUT2D eigenvalue weighted by molar-refractivity contribution is 5.97. The van der Waals surface area contributed by atoms with Gasteiger partial charge in [0.2, 0.25) is 11.9 Å². The Balaban J connectivity index is 1.64. The zero-order valence-corrected chi connectivity index (χ0v) is 21.9. The molecule has 1 aliphatic heterocycles. The van der Waals surface area contributed by atoms with E-state index >= 15 is 0 Å². The van der Waals surface area contributed by atoms with E-state index in [1.54, 1.807) is 6.20 Å². The molecule has 196 valence electrons. The highest BCUT2D eigenvalue weighted by Gasteiger charge is 2.16.